The van der Waals surface area contributed by atoms with Crippen LogP contribution in [0.15, 0.2) is 16.7 Å². The summed E-state index contributed by atoms with van der Waals surface area (Å²) in [6.07, 6.45) is 1.55. The molecule has 0 fully saturated rings. The lowest BCUT2D eigenvalue weighted by atomic mass is 10.1. The number of hydrogen-bond acceptors (Lipinski definition) is 3. The van der Waals surface area contributed by atoms with Crippen LogP contribution < -0.4 is 4.90 Å². The minimum Gasteiger partial charge on any atom is -0.389 e. The average molecular weight is 291 g/mol. The van der Waals surface area contributed by atoms with Crippen LogP contribution in [0.4, 0.5) is 10.2 Å². The summed E-state index contributed by atoms with van der Waals surface area (Å²) < 4.78 is 14.3. The molecule has 1 aromatic heterocycles. The van der Waals surface area contributed by atoms with Crippen molar-refractivity contribution >= 4 is 21.7 Å². The lowest BCUT2D eigenvalue weighted by molar-refractivity contribution is 0.0872. The van der Waals surface area contributed by atoms with Crippen LogP contribution in [0, 0.1) is 5.82 Å². The van der Waals surface area contributed by atoms with Crippen molar-refractivity contribution in [3.05, 3.63) is 22.6 Å². The van der Waals surface area contributed by atoms with E-state index >= 15 is 0 Å². The summed E-state index contributed by atoms with van der Waals surface area (Å²) >= 11 is 3.16. The van der Waals surface area contributed by atoms with E-state index in [9.17, 15) is 9.50 Å². The van der Waals surface area contributed by atoms with E-state index in [4.69, 9.17) is 0 Å². The summed E-state index contributed by atoms with van der Waals surface area (Å²) in [5, 5.41) is 9.72. The van der Waals surface area contributed by atoms with Gasteiger partial charge in [-0.2, -0.15) is 0 Å². The van der Waals surface area contributed by atoms with Gasteiger partial charge in [0.15, 0.2) is 11.6 Å². The number of hydrogen-bond donors (Lipinski definition) is 1. The first kappa shape index (κ1) is 13.4. The Bertz CT molecular complexity index is 365. The van der Waals surface area contributed by atoms with E-state index in [1.54, 1.807) is 24.9 Å². The molecule has 1 rings (SSSR count). The zero-order valence-corrected chi connectivity index (χ0v) is 11.3. The van der Waals surface area contributed by atoms with Crippen LogP contribution in [0.3, 0.4) is 0 Å². The number of nitrogens with zero attached hydrogens (tertiary/aromatic N) is 2. The highest BCUT2D eigenvalue weighted by Gasteiger charge is 2.20. The van der Waals surface area contributed by atoms with Gasteiger partial charge >= 0.3 is 0 Å². The average Bonchev–Trinajstić information content (AvgIpc) is 2.13. The van der Waals surface area contributed by atoms with Crippen molar-refractivity contribution in [2.24, 2.45) is 0 Å². The van der Waals surface area contributed by atoms with Gasteiger partial charge < -0.3 is 10.0 Å². The third-order valence-corrected chi connectivity index (χ3v) is 2.48. The molecule has 90 valence electrons. The molecule has 0 aliphatic heterocycles. The summed E-state index contributed by atoms with van der Waals surface area (Å²) in [6.45, 7) is 6.21. The van der Waals surface area contributed by atoms with Crippen molar-refractivity contribution in [3.8, 4) is 0 Å². The zero-order valence-electron chi connectivity index (χ0n) is 9.67. The van der Waals surface area contributed by atoms with Gasteiger partial charge in [0.2, 0.25) is 0 Å². The molecule has 0 bridgehead atoms. The van der Waals surface area contributed by atoms with Gasteiger partial charge in [-0.05, 0) is 42.8 Å². The van der Waals surface area contributed by atoms with Crippen LogP contribution in [0.1, 0.15) is 20.8 Å². The van der Waals surface area contributed by atoms with E-state index in [1.807, 2.05) is 6.92 Å². The van der Waals surface area contributed by atoms with E-state index in [2.05, 4.69) is 20.9 Å². The quantitative estimate of drug-likeness (QED) is 0.926. The second-order valence-corrected chi connectivity index (χ2v) is 5.20. The molecule has 16 heavy (non-hydrogen) atoms. The Labute approximate surface area is 103 Å². The van der Waals surface area contributed by atoms with Crippen molar-refractivity contribution in [2.75, 3.05) is 18.0 Å². The van der Waals surface area contributed by atoms with Crippen LogP contribution in [0.25, 0.3) is 0 Å². The highest BCUT2D eigenvalue weighted by molar-refractivity contribution is 9.10. The Hall–Kier alpha value is -0.680. The topological polar surface area (TPSA) is 36.4 Å². The van der Waals surface area contributed by atoms with Crippen LogP contribution in [0.5, 0.6) is 0 Å². The maximum atomic E-state index is 13.6. The molecule has 0 aromatic carbocycles. The molecule has 0 aliphatic rings. The summed E-state index contributed by atoms with van der Waals surface area (Å²) in [7, 11) is 0. The molecule has 0 atom stereocenters. The van der Waals surface area contributed by atoms with Crippen molar-refractivity contribution in [2.45, 2.75) is 26.4 Å². The van der Waals surface area contributed by atoms with Gasteiger partial charge in [0.25, 0.3) is 0 Å². The Morgan fingerprint density at radius 2 is 2.19 bits per heavy atom. The molecule has 0 radical (unpaired) electrons. The number of halogens is 2. The zero-order chi connectivity index (χ0) is 12.3. The second-order valence-electron chi connectivity index (χ2n) is 4.29. The van der Waals surface area contributed by atoms with Crippen LogP contribution in [-0.4, -0.2) is 28.8 Å². The molecule has 0 spiro atoms. The van der Waals surface area contributed by atoms with E-state index in [0.29, 0.717) is 17.6 Å². The van der Waals surface area contributed by atoms with Gasteiger partial charge in [-0.25, -0.2) is 9.37 Å². The molecule has 0 saturated carbocycles. The molecule has 0 unspecified atom stereocenters. The van der Waals surface area contributed by atoms with Gasteiger partial charge in [0, 0.05) is 23.8 Å². The first-order chi connectivity index (χ1) is 7.33. The van der Waals surface area contributed by atoms with Crippen molar-refractivity contribution in [1.29, 1.82) is 0 Å². The van der Waals surface area contributed by atoms with Crippen molar-refractivity contribution in [3.63, 3.8) is 0 Å². The van der Waals surface area contributed by atoms with E-state index < -0.39 is 5.60 Å². The molecule has 0 aliphatic carbocycles. The Morgan fingerprint density at radius 3 is 2.62 bits per heavy atom. The molecular formula is C11H16BrFN2O. The predicted octanol–water partition coefficient (Wildman–Crippen LogP) is 2.58. The summed E-state index contributed by atoms with van der Waals surface area (Å²) in [6, 6.07) is 1.37. The SMILES string of the molecule is CCN(CC(C)(C)O)c1ncc(Br)cc1F. The Kier molecular flexibility index (Phi) is 4.27. The maximum absolute atomic E-state index is 13.6. The van der Waals surface area contributed by atoms with Gasteiger partial charge in [0.05, 0.1) is 5.60 Å². The number of rotatable bonds is 4. The lowest BCUT2D eigenvalue weighted by Crippen LogP contribution is -2.39. The molecule has 0 amide bonds. The fourth-order valence-corrected chi connectivity index (χ4v) is 1.75. The third kappa shape index (κ3) is 3.72. The maximum Gasteiger partial charge on any atom is 0.166 e. The van der Waals surface area contributed by atoms with E-state index in [1.165, 1.54) is 6.07 Å². The molecule has 1 N–H and O–H groups in total. The normalized spacial score (nSPS) is 11.6. The molecular weight excluding hydrogens is 275 g/mol. The Balaban J connectivity index is 2.95. The summed E-state index contributed by atoms with van der Waals surface area (Å²) in [5.74, 6) is -0.117. The monoisotopic (exact) mass is 290 g/mol. The van der Waals surface area contributed by atoms with Crippen LogP contribution in [-0.2, 0) is 0 Å². The first-order valence-electron chi connectivity index (χ1n) is 5.12. The number of anilines is 1. The summed E-state index contributed by atoms with van der Waals surface area (Å²) in [4.78, 5) is 5.74. The second kappa shape index (κ2) is 5.10. The van der Waals surface area contributed by atoms with E-state index in [-0.39, 0.29) is 11.6 Å². The molecule has 1 aromatic rings. The molecule has 5 heteroatoms. The number of aliphatic hydroxyl groups is 1. The standard InChI is InChI=1S/C11H16BrFN2O/c1-4-15(7-11(2,3)16)10-9(13)5-8(12)6-14-10/h5-6,16H,4,7H2,1-3H3. The lowest BCUT2D eigenvalue weighted by Gasteiger charge is -2.29. The molecule has 3 nitrogen and oxygen atoms in total. The minimum absolute atomic E-state index is 0.271. The largest absolute Gasteiger partial charge is 0.389 e. The highest BCUT2D eigenvalue weighted by atomic mass is 79.9. The molecule has 1 heterocycles. The number of aromatic nitrogens is 1. The van der Waals surface area contributed by atoms with Gasteiger partial charge in [-0.15, -0.1) is 0 Å². The van der Waals surface area contributed by atoms with Crippen LogP contribution in [0.2, 0.25) is 0 Å². The van der Waals surface area contributed by atoms with Crippen molar-refractivity contribution in [1.82, 2.24) is 4.98 Å². The number of pyridine rings is 1. The fourth-order valence-electron chi connectivity index (χ4n) is 1.44. The smallest absolute Gasteiger partial charge is 0.166 e. The van der Waals surface area contributed by atoms with Gasteiger partial charge in [-0.1, -0.05) is 0 Å². The van der Waals surface area contributed by atoms with Crippen molar-refractivity contribution < 1.29 is 9.50 Å². The van der Waals surface area contributed by atoms with Gasteiger partial charge in [-0.3, -0.25) is 0 Å². The first-order valence-corrected chi connectivity index (χ1v) is 5.91. The number of likely N-dealkylation sites (N-methyl/N-ethyl adjacent to an activating group) is 1. The molecule has 0 saturated heterocycles. The fraction of sp³-hybridized carbons (Fsp3) is 0.545. The van der Waals surface area contributed by atoms with Gasteiger partial charge in [0.1, 0.15) is 0 Å². The van der Waals surface area contributed by atoms with Crippen LogP contribution >= 0.6 is 15.9 Å². The Morgan fingerprint density at radius 1 is 1.56 bits per heavy atom. The van der Waals surface area contributed by atoms with E-state index in [0.717, 1.165) is 0 Å². The highest BCUT2D eigenvalue weighted by Crippen LogP contribution is 2.21. The summed E-state index contributed by atoms with van der Waals surface area (Å²) in [5.41, 5.74) is -0.878. The predicted molar refractivity (Wildman–Crippen MR) is 66.1 cm³/mol. The third-order valence-electron chi connectivity index (χ3n) is 2.05. The minimum atomic E-state index is -0.878.